The fourth-order valence-electron chi connectivity index (χ4n) is 4.90. The number of nitrogens with one attached hydrogen (secondary N) is 1. The number of methoxy groups -OCH3 is 1. The van der Waals surface area contributed by atoms with Gasteiger partial charge in [-0.05, 0) is 23.6 Å². The van der Waals surface area contributed by atoms with Gasteiger partial charge in [-0.2, -0.15) is 0 Å². The lowest BCUT2D eigenvalue weighted by Gasteiger charge is -2.49. The molecule has 0 spiro atoms. The second-order valence-electron chi connectivity index (χ2n) is 7.86. The molecule has 3 heteroatoms. The lowest BCUT2D eigenvalue weighted by molar-refractivity contribution is -0.0842. The largest absolute Gasteiger partial charge is 0.496 e. The maximum Gasteiger partial charge on any atom is 0.124 e. The molecule has 0 aromatic heterocycles. The van der Waals surface area contributed by atoms with E-state index >= 15 is 0 Å². The lowest BCUT2D eigenvalue weighted by atomic mass is 9.67. The van der Waals surface area contributed by atoms with E-state index < -0.39 is 5.60 Å². The van der Waals surface area contributed by atoms with E-state index in [2.05, 4.69) is 60.8 Å². The number of para-hydroxylation sites is 1. The molecular formula is C26H29NO2. The zero-order valence-corrected chi connectivity index (χ0v) is 17.1. The van der Waals surface area contributed by atoms with Crippen molar-refractivity contribution in [3.8, 4) is 5.75 Å². The third-order valence-electron chi connectivity index (χ3n) is 6.29. The van der Waals surface area contributed by atoms with E-state index in [9.17, 15) is 5.11 Å². The van der Waals surface area contributed by atoms with Crippen molar-refractivity contribution in [1.29, 1.82) is 0 Å². The van der Waals surface area contributed by atoms with Crippen molar-refractivity contribution < 1.29 is 9.84 Å². The molecular weight excluding hydrogens is 358 g/mol. The number of benzene rings is 3. The van der Waals surface area contributed by atoms with E-state index in [1.807, 2.05) is 36.4 Å². The van der Waals surface area contributed by atoms with Crippen LogP contribution >= 0.6 is 0 Å². The van der Waals surface area contributed by atoms with Crippen LogP contribution in [0.1, 0.15) is 48.5 Å². The molecule has 4 atom stereocenters. The Balaban J connectivity index is 1.85. The first-order chi connectivity index (χ1) is 14.2. The molecule has 1 saturated heterocycles. The SMILES string of the molecule is CC[C@@H]1[C@H](c2ccccc2)N[C@H](c2ccccc2)C[C@@]1(O)c1ccccc1OC. The Bertz CT molecular complexity index is 928. The first-order valence-electron chi connectivity index (χ1n) is 10.4. The molecule has 150 valence electrons. The van der Waals surface area contributed by atoms with Crippen LogP contribution in [0.25, 0.3) is 0 Å². The van der Waals surface area contributed by atoms with Crippen LogP contribution in [-0.2, 0) is 5.60 Å². The summed E-state index contributed by atoms with van der Waals surface area (Å²) in [7, 11) is 1.67. The molecule has 0 amide bonds. The normalized spacial score (nSPS) is 26.8. The topological polar surface area (TPSA) is 41.5 Å². The molecule has 0 bridgehead atoms. The Morgan fingerprint density at radius 3 is 2.10 bits per heavy atom. The Kier molecular flexibility index (Phi) is 5.70. The zero-order valence-electron chi connectivity index (χ0n) is 17.1. The second kappa shape index (κ2) is 8.40. The van der Waals surface area contributed by atoms with Gasteiger partial charge in [0.25, 0.3) is 0 Å². The summed E-state index contributed by atoms with van der Waals surface area (Å²) < 4.78 is 5.66. The fraction of sp³-hybridized carbons (Fsp3) is 0.308. The highest BCUT2D eigenvalue weighted by Gasteiger charge is 2.49. The second-order valence-corrected chi connectivity index (χ2v) is 7.86. The molecule has 3 aromatic carbocycles. The summed E-state index contributed by atoms with van der Waals surface area (Å²) in [5, 5.41) is 16.1. The maximum absolute atomic E-state index is 12.3. The summed E-state index contributed by atoms with van der Waals surface area (Å²) in [6, 6.07) is 28.9. The Morgan fingerprint density at radius 1 is 0.897 bits per heavy atom. The van der Waals surface area contributed by atoms with Crippen LogP contribution in [0.15, 0.2) is 84.9 Å². The lowest BCUT2D eigenvalue weighted by Crippen LogP contribution is -2.51. The first-order valence-corrected chi connectivity index (χ1v) is 10.4. The van der Waals surface area contributed by atoms with Gasteiger partial charge < -0.3 is 15.2 Å². The zero-order chi connectivity index (χ0) is 20.3. The summed E-state index contributed by atoms with van der Waals surface area (Å²) >= 11 is 0. The molecule has 4 rings (SSSR count). The molecule has 1 fully saturated rings. The predicted molar refractivity (Wildman–Crippen MR) is 117 cm³/mol. The Morgan fingerprint density at radius 2 is 1.48 bits per heavy atom. The van der Waals surface area contributed by atoms with Gasteiger partial charge in [0.1, 0.15) is 5.75 Å². The van der Waals surface area contributed by atoms with Crippen LogP contribution < -0.4 is 10.1 Å². The van der Waals surface area contributed by atoms with E-state index in [1.165, 1.54) is 11.1 Å². The quantitative estimate of drug-likeness (QED) is 0.617. The molecule has 2 N–H and O–H groups in total. The molecule has 0 radical (unpaired) electrons. The van der Waals surface area contributed by atoms with E-state index in [0.29, 0.717) is 6.42 Å². The summed E-state index contributed by atoms with van der Waals surface area (Å²) in [5.74, 6) is 0.759. The van der Waals surface area contributed by atoms with E-state index in [4.69, 9.17) is 4.74 Å². The summed E-state index contributed by atoms with van der Waals surface area (Å²) in [5.41, 5.74) is 2.26. The van der Waals surface area contributed by atoms with Crippen LogP contribution in [0.4, 0.5) is 0 Å². The molecule has 3 nitrogen and oxygen atoms in total. The summed E-state index contributed by atoms with van der Waals surface area (Å²) in [6.07, 6.45) is 1.45. The summed E-state index contributed by atoms with van der Waals surface area (Å²) in [4.78, 5) is 0. The highest BCUT2D eigenvalue weighted by Crippen LogP contribution is 2.51. The number of ether oxygens (including phenoxy) is 1. The van der Waals surface area contributed by atoms with Gasteiger partial charge in [-0.15, -0.1) is 0 Å². The number of hydrogen-bond donors (Lipinski definition) is 2. The molecule has 1 aliphatic rings. The van der Waals surface area contributed by atoms with Crippen LogP contribution in [0.5, 0.6) is 5.75 Å². The third-order valence-corrected chi connectivity index (χ3v) is 6.29. The summed E-state index contributed by atoms with van der Waals surface area (Å²) in [6.45, 7) is 2.16. The smallest absolute Gasteiger partial charge is 0.124 e. The first kappa shape index (κ1) is 19.7. The van der Waals surface area contributed by atoms with Crippen molar-refractivity contribution >= 4 is 0 Å². The number of piperidine rings is 1. The van der Waals surface area contributed by atoms with Crippen molar-refractivity contribution in [3.63, 3.8) is 0 Å². The average Bonchev–Trinajstić information content (AvgIpc) is 2.79. The van der Waals surface area contributed by atoms with Gasteiger partial charge in [0.05, 0.1) is 12.7 Å². The molecule has 1 aliphatic heterocycles. The third kappa shape index (κ3) is 3.68. The van der Waals surface area contributed by atoms with Crippen molar-refractivity contribution in [2.45, 2.75) is 37.5 Å². The number of hydrogen-bond acceptors (Lipinski definition) is 3. The molecule has 3 aromatic rings. The van der Waals surface area contributed by atoms with Gasteiger partial charge in [0.2, 0.25) is 0 Å². The highest BCUT2D eigenvalue weighted by atomic mass is 16.5. The minimum Gasteiger partial charge on any atom is -0.496 e. The van der Waals surface area contributed by atoms with Gasteiger partial charge in [0, 0.05) is 30.0 Å². The predicted octanol–water partition coefficient (Wildman–Crippen LogP) is 5.38. The Hall–Kier alpha value is -2.62. The van der Waals surface area contributed by atoms with Crippen LogP contribution in [0.3, 0.4) is 0 Å². The van der Waals surface area contributed by atoms with Gasteiger partial charge in [-0.25, -0.2) is 0 Å². The molecule has 0 saturated carbocycles. The fourth-order valence-corrected chi connectivity index (χ4v) is 4.90. The van der Waals surface area contributed by atoms with Crippen molar-refractivity contribution in [2.24, 2.45) is 5.92 Å². The monoisotopic (exact) mass is 387 g/mol. The van der Waals surface area contributed by atoms with Crippen LogP contribution in [-0.4, -0.2) is 12.2 Å². The van der Waals surface area contributed by atoms with E-state index in [0.717, 1.165) is 17.7 Å². The van der Waals surface area contributed by atoms with E-state index in [-0.39, 0.29) is 18.0 Å². The molecule has 29 heavy (non-hydrogen) atoms. The molecule has 0 unspecified atom stereocenters. The Labute approximate surface area is 173 Å². The number of aliphatic hydroxyl groups is 1. The minimum absolute atomic E-state index is 0.0150. The minimum atomic E-state index is -1.01. The highest BCUT2D eigenvalue weighted by molar-refractivity contribution is 5.41. The van der Waals surface area contributed by atoms with Gasteiger partial charge >= 0.3 is 0 Å². The molecule has 0 aliphatic carbocycles. The van der Waals surface area contributed by atoms with Crippen molar-refractivity contribution in [2.75, 3.05) is 7.11 Å². The average molecular weight is 388 g/mol. The molecule has 1 heterocycles. The number of rotatable bonds is 5. The van der Waals surface area contributed by atoms with Gasteiger partial charge in [-0.1, -0.05) is 85.8 Å². The van der Waals surface area contributed by atoms with Crippen molar-refractivity contribution in [3.05, 3.63) is 102 Å². The standard InChI is InChI=1S/C26H29NO2/c1-3-21-25(20-14-8-5-9-15-20)27-23(19-12-6-4-7-13-19)18-26(21,28)22-16-10-11-17-24(22)29-2/h4-17,21,23,25,27-28H,3,18H2,1-2H3/t21-,23+,25+,26+/m1/s1. The van der Waals surface area contributed by atoms with Crippen LogP contribution in [0.2, 0.25) is 0 Å². The van der Waals surface area contributed by atoms with Crippen molar-refractivity contribution in [1.82, 2.24) is 5.32 Å². The van der Waals surface area contributed by atoms with E-state index in [1.54, 1.807) is 7.11 Å². The van der Waals surface area contributed by atoms with Gasteiger partial charge in [-0.3, -0.25) is 0 Å². The van der Waals surface area contributed by atoms with Gasteiger partial charge in [0.15, 0.2) is 0 Å². The van der Waals surface area contributed by atoms with Crippen LogP contribution in [0, 0.1) is 5.92 Å². The maximum atomic E-state index is 12.3.